The number of ether oxygens (including phenoxy) is 1. The van der Waals surface area contributed by atoms with E-state index >= 15 is 0 Å². The number of hydrogen-bond acceptors (Lipinski definition) is 2. The molecule has 2 N–H and O–H groups in total. The third kappa shape index (κ3) is 4.34. The van der Waals surface area contributed by atoms with Crippen molar-refractivity contribution in [3.05, 3.63) is 29.3 Å². The molecule has 0 spiro atoms. The topological polar surface area (TPSA) is 52.3 Å². The fourth-order valence-corrected chi connectivity index (χ4v) is 1.19. The van der Waals surface area contributed by atoms with Crippen LogP contribution in [0.3, 0.4) is 0 Å². The van der Waals surface area contributed by atoms with Gasteiger partial charge in [-0.2, -0.15) is 26.3 Å². The number of hydrogen-bond donors (Lipinski definition) is 1. The van der Waals surface area contributed by atoms with E-state index in [0.717, 1.165) is 6.07 Å². The minimum Gasteiger partial charge on any atom is -0.483 e. The lowest BCUT2D eigenvalue weighted by Crippen LogP contribution is -2.21. The second kappa shape index (κ2) is 4.98. The van der Waals surface area contributed by atoms with E-state index in [9.17, 15) is 31.1 Å². The Labute approximate surface area is 102 Å². The predicted octanol–water partition coefficient (Wildman–Crippen LogP) is 2.75. The normalized spacial score (nSPS) is 12.3. The Bertz CT molecular complexity index is 480. The summed E-state index contributed by atoms with van der Waals surface area (Å²) < 4.78 is 77.4. The Kier molecular flexibility index (Phi) is 3.97. The smallest absolute Gasteiger partial charge is 0.422 e. The van der Waals surface area contributed by atoms with Gasteiger partial charge in [0.15, 0.2) is 6.61 Å². The molecule has 3 nitrogen and oxygen atoms in total. The molecule has 0 aliphatic carbocycles. The number of nitrogens with two attached hydrogens (primary N) is 1. The van der Waals surface area contributed by atoms with Gasteiger partial charge in [-0.3, -0.25) is 4.79 Å². The van der Waals surface area contributed by atoms with Crippen LogP contribution in [0.4, 0.5) is 26.3 Å². The highest BCUT2D eigenvalue weighted by molar-refractivity contribution is 5.93. The van der Waals surface area contributed by atoms with Gasteiger partial charge in [-0.1, -0.05) is 0 Å². The van der Waals surface area contributed by atoms with E-state index in [1.807, 2.05) is 0 Å². The van der Waals surface area contributed by atoms with Crippen LogP contribution in [0.25, 0.3) is 0 Å². The van der Waals surface area contributed by atoms with Crippen molar-refractivity contribution >= 4 is 5.91 Å². The van der Waals surface area contributed by atoms with Gasteiger partial charge in [0.25, 0.3) is 0 Å². The number of primary amides is 1. The Morgan fingerprint density at radius 1 is 1.16 bits per heavy atom. The van der Waals surface area contributed by atoms with E-state index in [2.05, 4.69) is 4.74 Å². The molecule has 19 heavy (non-hydrogen) atoms. The molecule has 0 bridgehead atoms. The fourth-order valence-electron chi connectivity index (χ4n) is 1.19. The van der Waals surface area contributed by atoms with Gasteiger partial charge in [0.1, 0.15) is 5.75 Å². The third-order valence-corrected chi connectivity index (χ3v) is 1.96. The van der Waals surface area contributed by atoms with Gasteiger partial charge in [-0.05, 0) is 18.2 Å². The van der Waals surface area contributed by atoms with Gasteiger partial charge in [0.05, 0.1) is 5.56 Å². The third-order valence-electron chi connectivity index (χ3n) is 1.96. The molecule has 0 saturated heterocycles. The molecule has 0 fully saturated rings. The first-order valence-corrected chi connectivity index (χ1v) is 4.71. The highest BCUT2D eigenvalue weighted by atomic mass is 19.4. The van der Waals surface area contributed by atoms with Crippen molar-refractivity contribution in [3.63, 3.8) is 0 Å². The lowest BCUT2D eigenvalue weighted by atomic mass is 10.1. The van der Waals surface area contributed by atoms with Crippen molar-refractivity contribution in [2.45, 2.75) is 12.4 Å². The van der Waals surface area contributed by atoms with Crippen LogP contribution in [0.2, 0.25) is 0 Å². The second-order valence-electron chi connectivity index (χ2n) is 3.48. The van der Waals surface area contributed by atoms with Crippen LogP contribution >= 0.6 is 0 Å². The molecular weight excluding hydrogens is 280 g/mol. The molecule has 0 aliphatic rings. The van der Waals surface area contributed by atoms with E-state index in [4.69, 9.17) is 5.73 Å². The van der Waals surface area contributed by atoms with Gasteiger partial charge in [0, 0.05) is 5.56 Å². The largest absolute Gasteiger partial charge is 0.483 e. The van der Waals surface area contributed by atoms with Gasteiger partial charge < -0.3 is 10.5 Å². The van der Waals surface area contributed by atoms with E-state index < -0.39 is 36.2 Å². The number of benzene rings is 1. The van der Waals surface area contributed by atoms with E-state index in [-0.39, 0.29) is 5.56 Å². The van der Waals surface area contributed by atoms with Gasteiger partial charge in [0.2, 0.25) is 5.91 Å². The number of alkyl halides is 6. The van der Waals surface area contributed by atoms with Crippen LogP contribution in [0.1, 0.15) is 15.9 Å². The lowest BCUT2D eigenvalue weighted by Gasteiger charge is -2.15. The van der Waals surface area contributed by atoms with E-state index in [0.29, 0.717) is 12.1 Å². The zero-order valence-corrected chi connectivity index (χ0v) is 9.10. The van der Waals surface area contributed by atoms with Crippen LogP contribution in [-0.2, 0) is 6.18 Å². The summed E-state index contributed by atoms with van der Waals surface area (Å²) in [5.41, 5.74) is 3.03. The van der Waals surface area contributed by atoms with E-state index in [1.54, 1.807) is 0 Å². The van der Waals surface area contributed by atoms with Crippen molar-refractivity contribution in [2.24, 2.45) is 5.73 Å². The summed E-state index contributed by atoms with van der Waals surface area (Å²) in [6.07, 6.45) is -9.71. The maximum absolute atomic E-state index is 12.5. The van der Waals surface area contributed by atoms with Crippen LogP contribution in [0.5, 0.6) is 5.75 Å². The lowest BCUT2D eigenvalue weighted by molar-refractivity contribution is -0.158. The predicted molar refractivity (Wildman–Crippen MR) is 51.5 cm³/mol. The molecule has 1 aromatic carbocycles. The van der Waals surface area contributed by atoms with Crippen LogP contribution in [-0.4, -0.2) is 18.7 Å². The quantitative estimate of drug-likeness (QED) is 0.869. The summed E-state index contributed by atoms with van der Waals surface area (Å²) >= 11 is 0. The number of carbonyl (C=O) groups excluding carboxylic acids is 1. The number of amides is 1. The molecule has 0 radical (unpaired) electrons. The standard InChI is InChI=1S/C10H7F6NO2/c11-9(12,13)4-19-7-3-5(8(17)18)1-2-6(7)10(14,15)16/h1-3H,4H2,(H2,17,18). The summed E-state index contributed by atoms with van der Waals surface area (Å²) in [4.78, 5) is 10.8. The van der Waals surface area contributed by atoms with Crippen molar-refractivity contribution in [2.75, 3.05) is 6.61 Å². The van der Waals surface area contributed by atoms with Gasteiger partial charge >= 0.3 is 12.4 Å². The summed E-state index contributed by atoms with van der Waals surface area (Å²) in [5.74, 6) is -2.17. The molecule has 9 heteroatoms. The molecule has 0 heterocycles. The summed E-state index contributed by atoms with van der Waals surface area (Å²) in [5, 5.41) is 0. The van der Waals surface area contributed by atoms with Crippen LogP contribution in [0, 0.1) is 0 Å². The van der Waals surface area contributed by atoms with Crippen molar-refractivity contribution in [1.82, 2.24) is 0 Å². The first-order valence-electron chi connectivity index (χ1n) is 4.71. The second-order valence-corrected chi connectivity index (χ2v) is 3.48. The Hall–Kier alpha value is -1.93. The maximum Gasteiger partial charge on any atom is 0.422 e. The Morgan fingerprint density at radius 3 is 2.16 bits per heavy atom. The molecule has 106 valence electrons. The number of rotatable bonds is 3. The average molecular weight is 287 g/mol. The first kappa shape index (κ1) is 15.1. The molecule has 1 rings (SSSR count). The van der Waals surface area contributed by atoms with Crippen LogP contribution < -0.4 is 10.5 Å². The van der Waals surface area contributed by atoms with Gasteiger partial charge in [-0.25, -0.2) is 0 Å². The summed E-state index contributed by atoms with van der Waals surface area (Å²) in [6.45, 7) is -1.90. The average Bonchev–Trinajstić information content (AvgIpc) is 2.23. The Morgan fingerprint density at radius 2 is 1.74 bits per heavy atom. The molecular formula is C10H7F6NO2. The van der Waals surface area contributed by atoms with Crippen molar-refractivity contribution < 1.29 is 35.9 Å². The molecule has 0 unspecified atom stereocenters. The highest BCUT2D eigenvalue weighted by Gasteiger charge is 2.36. The summed E-state index contributed by atoms with van der Waals surface area (Å²) in [6, 6.07) is 1.72. The maximum atomic E-state index is 12.5. The zero-order chi connectivity index (χ0) is 14.8. The monoisotopic (exact) mass is 287 g/mol. The molecule has 0 aliphatic heterocycles. The fraction of sp³-hybridized carbons (Fsp3) is 0.300. The molecule has 0 aromatic heterocycles. The molecule has 1 aromatic rings. The molecule has 0 atom stereocenters. The summed E-state index contributed by atoms with van der Waals surface area (Å²) in [7, 11) is 0. The zero-order valence-electron chi connectivity index (χ0n) is 9.10. The molecule has 0 saturated carbocycles. The number of carbonyl (C=O) groups is 1. The van der Waals surface area contributed by atoms with Crippen molar-refractivity contribution in [1.29, 1.82) is 0 Å². The van der Waals surface area contributed by atoms with Crippen molar-refractivity contribution in [3.8, 4) is 5.75 Å². The Balaban J connectivity index is 3.15. The van der Waals surface area contributed by atoms with E-state index in [1.165, 1.54) is 0 Å². The highest BCUT2D eigenvalue weighted by Crippen LogP contribution is 2.37. The minimum absolute atomic E-state index is 0.384. The van der Waals surface area contributed by atoms with Crippen LogP contribution in [0.15, 0.2) is 18.2 Å². The number of halogens is 6. The van der Waals surface area contributed by atoms with Gasteiger partial charge in [-0.15, -0.1) is 0 Å². The minimum atomic E-state index is -4.91. The first-order chi connectivity index (χ1) is 8.50. The SMILES string of the molecule is NC(=O)c1ccc(C(F)(F)F)c(OCC(F)(F)F)c1. The molecule has 1 amide bonds.